The van der Waals surface area contributed by atoms with Crippen molar-refractivity contribution in [2.45, 2.75) is 0 Å². The average Bonchev–Trinajstić information content (AvgIpc) is 3.15. The van der Waals surface area contributed by atoms with Crippen LogP contribution in [0.5, 0.6) is 11.5 Å². The van der Waals surface area contributed by atoms with Gasteiger partial charge in [0.05, 0.1) is 22.8 Å². The standard InChI is InChI=1S/C25H20BrN3O4/c1-32-21-14-16(13-20(26)24(21)33-15-22(27)30)12-19-23(17-8-4-2-5-9-17)28-29(25(19)31)18-10-6-3-7-11-18/h2-14H,15H2,1H3,(H2,27,30)/b19-12-. The number of halogens is 1. The number of anilines is 1. The minimum Gasteiger partial charge on any atom is -0.493 e. The van der Waals surface area contributed by atoms with Gasteiger partial charge in [0.25, 0.3) is 11.8 Å². The van der Waals surface area contributed by atoms with Crippen molar-refractivity contribution in [2.75, 3.05) is 18.7 Å². The number of benzene rings is 3. The Morgan fingerprint density at radius 2 is 1.76 bits per heavy atom. The Balaban J connectivity index is 1.78. The monoisotopic (exact) mass is 505 g/mol. The minimum absolute atomic E-state index is 0.246. The summed E-state index contributed by atoms with van der Waals surface area (Å²) in [5, 5.41) is 6.03. The number of para-hydroxylation sites is 1. The molecule has 4 rings (SSSR count). The van der Waals surface area contributed by atoms with Crippen molar-refractivity contribution in [3.63, 3.8) is 0 Å². The number of methoxy groups -OCH3 is 1. The zero-order chi connectivity index (χ0) is 23.4. The second kappa shape index (κ2) is 9.70. The van der Waals surface area contributed by atoms with E-state index in [0.717, 1.165) is 5.56 Å². The molecule has 1 heterocycles. The van der Waals surface area contributed by atoms with E-state index >= 15 is 0 Å². The van der Waals surface area contributed by atoms with Crippen LogP contribution in [0.4, 0.5) is 5.69 Å². The highest BCUT2D eigenvalue weighted by Crippen LogP contribution is 2.38. The predicted molar refractivity (Wildman–Crippen MR) is 130 cm³/mol. The van der Waals surface area contributed by atoms with E-state index in [4.69, 9.17) is 15.2 Å². The van der Waals surface area contributed by atoms with Crippen molar-refractivity contribution in [3.05, 3.63) is 94.0 Å². The molecule has 3 aromatic carbocycles. The fourth-order valence-electron chi connectivity index (χ4n) is 3.37. The van der Waals surface area contributed by atoms with E-state index in [9.17, 15) is 9.59 Å². The maximum Gasteiger partial charge on any atom is 0.281 e. The van der Waals surface area contributed by atoms with Gasteiger partial charge < -0.3 is 15.2 Å². The van der Waals surface area contributed by atoms with Gasteiger partial charge in [-0.3, -0.25) is 9.59 Å². The number of hydrogen-bond donors (Lipinski definition) is 1. The quantitative estimate of drug-likeness (QED) is 0.487. The smallest absolute Gasteiger partial charge is 0.281 e. The molecule has 0 bridgehead atoms. The molecule has 0 radical (unpaired) electrons. The summed E-state index contributed by atoms with van der Waals surface area (Å²) in [6.45, 7) is -0.287. The van der Waals surface area contributed by atoms with Gasteiger partial charge in [-0.05, 0) is 51.8 Å². The van der Waals surface area contributed by atoms with Crippen LogP contribution in [-0.2, 0) is 9.59 Å². The normalized spacial score (nSPS) is 14.4. The van der Waals surface area contributed by atoms with Crippen LogP contribution in [0.2, 0.25) is 0 Å². The van der Waals surface area contributed by atoms with Gasteiger partial charge in [-0.15, -0.1) is 0 Å². The third kappa shape index (κ3) is 4.80. The number of carbonyl (C=O) groups is 2. The summed E-state index contributed by atoms with van der Waals surface area (Å²) in [4.78, 5) is 24.5. The number of carbonyl (C=O) groups excluding carboxylic acids is 2. The number of hydrogen-bond acceptors (Lipinski definition) is 5. The highest BCUT2D eigenvalue weighted by Gasteiger charge is 2.32. The van der Waals surface area contributed by atoms with Crippen LogP contribution in [0.15, 0.2) is 87.9 Å². The maximum atomic E-state index is 13.4. The summed E-state index contributed by atoms with van der Waals surface area (Å²) < 4.78 is 11.5. The van der Waals surface area contributed by atoms with Crippen molar-refractivity contribution in [2.24, 2.45) is 10.8 Å². The SMILES string of the molecule is COc1cc(/C=C2\C(=O)N(c3ccccc3)N=C2c2ccccc2)cc(Br)c1OCC(N)=O. The largest absolute Gasteiger partial charge is 0.493 e. The van der Waals surface area contributed by atoms with E-state index in [1.807, 2.05) is 60.7 Å². The lowest BCUT2D eigenvalue weighted by atomic mass is 10.00. The molecule has 0 atom stereocenters. The van der Waals surface area contributed by atoms with Gasteiger partial charge in [-0.2, -0.15) is 10.1 Å². The highest BCUT2D eigenvalue weighted by atomic mass is 79.9. The number of rotatable bonds is 7. The Hall–Kier alpha value is -3.91. The fourth-order valence-corrected chi connectivity index (χ4v) is 3.95. The zero-order valence-corrected chi connectivity index (χ0v) is 19.3. The maximum absolute atomic E-state index is 13.4. The summed E-state index contributed by atoms with van der Waals surface area (Å²) in [7, 11) is 1.49. The number of primary amides is 1. The molecular formula is C25H20BrN3O4. The fraction of sp³-hybridized carbons (Fsp3) is 0.0800. The molecule has 166 valence electrons. The van der Waals surface area contributed by atoms with Crippen LogP contribution in [0.1, 0.15) is 11.1 Å². The Labute approximate surface area is 199 Å². The van der Waals surface area contributed by atoms with Crippen molar-refractivity contribution >= 4 is 45.2 Å². The van der Waals surface area contributed by atoms with Gasteiger partial charge in [0.15, 0.2) is 18.1 Å². The molecule has 1 aliphatic heterocycles. The van der Waals surface area contributed by atoms with Gasteiger partial charge in [0.1, 0.15) is 5.71 Å². The van der Waals surface area contributed by atoms with E-state index in [2.05, 4.69) is 21.0 Å². The van der Waals surface area contributed by atoms with Crippen molar-refractivity contribution in [3.8, 4) is 11.5 Å². The molecule has 1 aliphatic rings. The first-order valence-corrected chi connectivity index (χ1v) is 10.8. The van der Waals surface area contributed by atoms with Gasteiger partial charge >= 0.3 is 0 Å². The summed E-state index contributed by atoms with van der Waals surface area (Å²) in [5.41, 5.74) is 8.36. The third-order valence-electron chi connectivity index (χ3n) is 4.85. The lowest BCUT2D eigenvalue weighted by molar-refractivity contribution is -0.120. The summed E-state index contributed by atoms with van der Waals surface area (Å²) in [6.07, 6.45) is 1.75. The lowest BCUT2D eigenvalue weighted by Gasteiger charge is -2.13. The summed E-state index contributed by atoms with van der Waals surface area (Å²) in [5.74, 6) is -0.110. The Bertz CT molecular complexity index is 1260. The molecule has 0 aliphatic carbocycles. The van der Waals surface area contributed by atoms with Gasteiger partial charge in [-0.25, -0.2) is 0 Å². The minimum atomic E-state index is -0.601. The first-order chi connectivity index (χ1) is 16.0. The number of ether oxygens (including phenoxy) is 2. The molecule has 0 spiro atoms. The second-order valence-electron chi connectivity index (χ2n) is 7.11. The van der Waals surface area contributed by atoms with Crippen LogP contribution in [-0.4, -0.2) is 31.2 Å². The topological polar surface area (TPSA) is 94.2 Å². The molecule has 0 unspecified atom stereocenters. The molecule has 0 aromatic heterocycles. The first kappa shape index (κ1) is 22.3. The number of hydrazone groups is 1. The molecule has 33 heavy (non-hydrogen) atoms. The Kier molecular flexibility index (Phi) is 6.55. The van der Waals surface area contributed by atoms with E-state index in [0.29, 0.717) is 38.5 Å². The Morgan fingerprint density at radius 1 is 1.09 bits per heavy atom. The van der Waals surface area contributed by atoms with Gasteiger partial charge in [-0.1, -0.05) is 48.5 Å². The number of amides is 2. The van der Waals surface area contributed by atoms with Crippen molar-refractivity contribution < 1.29 is 19.1 Å². The van der Waals surface area contributed by atoms with Crippen LogP contribution < -0.4 is 20.2 Å². The predicted octanol–water partition coefficient (Wildman–Crippen LogP) is 4.16. The second-order valence-corrected chi connectivity index (χ2v) is 7.97. The number of nitrogens with two attached hydrogens (primary N) is 1. The van der Waals surface area contributed by atoms with Gasteiger partial charge in [0.2, 0.25) is 0 Å². The highest BCUT2D eigenvalue weighted by molar-refractivity contribution is 9.10. The molecule has 8 heteroatoms. The molecule has 2 amide bonds. The molecule has 0 fully saturated rings. The Morgan fingerprint density at radius 3 is 2.39 bits per heavy atom. The molecule has 2 N–H and O–H groups in total. The molecule has 3 aromatic rings. The van der Waals surface area contributed by atoms with Crippen molar-refractivity contribution in [1.82, 2.24) is 0 Å². The molecule has 0 saturated carbocycles. The first-order valence-electron chi connectivity index (χ1n) is 10.0. The van der Waals surface area contributed by atoms with E-state index in [-0.39, 0.29) is 12.5 Å². The van der Waals surface area contributed by atoms with E-state index < -0.39 is 5.91 Å². The molecule has 0 saturated heterocycles. The third-order valence-corrected chi connectivity index (χ3v) is 5.44. The van der Waals surface area contributed by atoms with Crippen LogP contribution in [0, 0.1) is 0 Å². The average molecular weight is 506 g/mol. The van der Waals surface area contributed by atoms with Crippen LogP contribution in [0.3, 0.4) is 0 Å². The van der Waals surface area contributed by atoms with E-state index in [1.165, 1.54) is 12.1 Å². The summed E-state index contributed by atoms with van der Waals surface area (Å²) >= 11 is 3.45. The zero-order valence-electron chi connectivity index (χ0n) is 17.7. The van der Waals surface area contributed by atoms with Crippen LogP contribution in [0.25, 0.3) is 6.08 Å². The lowest BCUT2D eigenvalue weighted by Crippen LogP contribution is -2.21. The van der Waals surface area contributed by atoms with Gasteiger partial charge in [0, 0.05) is 5.56 Å². The van der Waals surface area contributed by atoms with E-state index in [1.54, 1.807) is 18.2 Å². The van der Waals surface area contributed by atoms with Crippen LogP contribution >= 0.6 is 15.9 Å². The molecular weight excluding hydrogens is 486 g/mol. The molecule has 7 nitrogen and oxygen atoms in total. The number of nitrogens with zero attached hydrogens (tertiary/aromatic N) is 2. The summed E-state index contributed by atoms with van der Waals surface area (Å²) in [6, 6.07) is 22.3. The van der Waals surface area contributed by atoms with Crippen molar-refractivity contribution in [1.29, 1.82) is 0 Å².